The topological polar surface area (TPSA) is 222 Å². The number of ketones is 2. The summed E-state index contributed by atoms with van der Waals surface area (Å²) in [5.74, 6) is -8.84. The predicted molar refractivity (Wildman–Crippen MR) is 240 cm³/mol. The number of hydrogen-bond acceptors (Lipinski definition) is 13. The summed E-state index contributed by atoms with van der Waals surface area (Å²) in [6, 6.07) is 4.01. The van der Waals surface area contributed by atoms with E-state index in [4.69, 9.17) is 14.2 Å². The Hall–Kier alpha value is -3.86. The summed E-state index contributed by atoms with van der Waals surface area (Å²) in [7, 11) is 3.06. The third-order valence-corrected chi connectivity index (χ3v) is 13.6. The van der Waals surface area contributed by atoms with Crippen LogP contribution < -0.4 is 5.32 Å². The number of carbonyl (C=O) groups is 5. The summed E-state index contributed by atoms with van der Waals surface area (Å²) in [5.41, 5.74) is 1.59. The quantitative estimate of drug-likeness (QED) is 0.0880. The molecular weight excluding hydrogens is 823 g/mol. The Morgan fingerprint density at radius 3 is 2.39 bits per heavy atom. The fourth-order valence-electron chi connectivity index (χ4n) is 9.62. The smallest absolute Gasteiger partial charge is 0.329 e. The van der Waals surface area contributed by atoms with Gasteiger partial charge in [0.05, 0.1) is 24.4 Å². The molecule has 1 saturated heterocycles. The molecule has 1 aromatic heterocycles. The first-order valence-electron chi connectivity index (χ1n) is 23.4. The SMILES string of the molecule is CO[C@@H]1CCC[C@@H](C)C/C(C)=C/[C@@H](CCCC(=O)Nc2ccccn2)C(=O)C[C@H](O)[C@@H](C)[C@@H](/C(C)=C/[C@@H]2CC[C@@H](O)[C@H](OC)C2)OC(=O)[C@@H]2CCCCN2C(=O)C(=O)C(O)(O)[C@H](C)C1. The van der Waals surface area contributed by atoms with E-state index >= 15 is 0 Å². The Kier molecular flexibility index (Phi) is 20.7. The summed E-state index contributed by atoms with van der Waals surface area (Å²) < 4.78 is 17.5. The molecule has 0 bridgehead atoms. The van der Waals surface area contributed by atoms with Crippen LogP contribution in [0.1, 0.15) is 131 Å². The van der Waals surface area contributed by atoms with Gasteiger partial charge in [0.25, 0.3) is 11.7 Å². The number of rotatable bonds is 9. The standard InChI is InChI=1S/C49H75N3O12/c1-30-14-12-16-37(62-6)27-33(4)49(60,61)46(57)47(58)52-23-11-9-17-38(52)48(59)64-45(32(3)26-35-20-21-39(53)42(28-35)63-7)34(5)40(54)29-41(55)36(25-31(2)24-30)15-13-19-44(56)51-43-18-8-10-22-50-43/h8,10,18,22,25-26,30,33-40,42,45,53-54,60-61H,9,11-17,19-21,23-24,27-29H2,1-7H3,(H,50,51,56)/b31-25+,32-26+/t30-,33-,34-,35+,36-,37-,38+,39-,40+,42-,45-/m1/s1. The highest BCUT2D eigenvalue weighted by Crippen LogP contribution is 2.33. The molecule has 3 aliphatic rings. The number of allylic oxidation sites excluding steroid dienone is 3. The number of piperidine rings is 1. The van der Waals surface area contributed by atoms with Gasteiger partial charge in [-0.3, -0.25) is 19.2 Å². The lowest BCUT2D eigenvalue weighted by atomic mass is 9.81. The maximum absolute atomic E-state index is 14.3. The van der Waals surface area contributed by atoms with Crippen molar-refractivity contribution in [2.75, 3.05) is 26.1 Å². The number of nitrogens with one attached hydrogen (secondary N) is 1. The molecule has 2 amide bonds. The number of aromatic nitrogens is 1. The van der Waals surface area contributed by atoms with Crippen LogP contribution in [0.5, 0.6) is 0 Å². The first-order valence-corrected chi connectivity index (χ1v) is 23.4. The van der Waals surface area contributed by atoms with Gasteiger partial charge in [-0.25, -0.2) is 9.78 Å². The minimum atomic E-state index is -3.02. The average Bonchev–Trinajstić information content (AvgIpc) is 3.26. The molecular formula is C49H75N3O12. The lowest BCUT2D eigenvalue weighted by Crippen LogP contribution is -2.58. The van der Waals surface area contributed by atoms with Crippen LogP contribution in [0.2, 0.25) is 0 Å². The molecule has 1 aliphatic carbocycles. The maximum Gasteiger partial charge on any atom is 0.329 e. The van der Waals surface area contributed by atoms with Gasteiger partial charge in [0.15, 0.2) is 0 Å². The van der Waals surface area contributed by atoms with Crippen LogP contribution in [0.15, 0.2) is 47.7 Å². The highest BCUT2D eigenvalue weighted by molar-refractivity contribution is 6.39. The van der Waals surface area contributed by atoms with Gasteiger partial charge >= 0.3 is 5.97 Å². The third-order valence-electron chi connectivity index (χ3n) is 13.6. The van der Waals surface area contributed by atoms with Crippen molar-refractivity contribution in [3.8, 4) is 0 Å². The van der Waals surface area contributed by atoms with Crippen molar-refractivity contribution in [1.29, 1.82) is 0 Å². The summed E-state index contributed by atoms with van der Waals surface area (Å²) in [6.07, 6.45) is 8.06. The molecule has 0 radical (unpaired) electrons. The van der Waals surface area contributed by atoms with Gasteiger partial charge in [-0.05, 0) is 114 Å². The van der Waals surface area contributed by atoms with Gasteiger partial charge in [0.1, 0.15) is 23.7 Å². The van der Waals surface area contributed by atoms with E-state index in [0.717, 1.165) is 23.3 Å². The molecule has 15 heteroatoms. The maximum atomic E-state index is 14.3. The summed E-state index contributed by atoms with van der Waals surface area (Å²) in [5, 5.41) is 47.6. The number of anilines is 1. The van der Waals surface area contributed by atoms with Crippen molar-refractivity contribution in [3.63, 3.8) is 0 Å². The molecule has 15 nitrogen and oxygen atoms in total. The number of fused-ring (bicyclic) bond motifs is 1. The van der Waals surface area contributed by atoms with Crippen molar-refractivity contribution < 1.29 is 58.6 Å². The van der Waals surface area contributed by atoms with E-state index in [9.17, 15) is 44.4 Å². The Balaban J connectivity index is 1.68. The molecule has 0 aromatic carbocycles. The van der Waals surface area contributed by atoms with Crippen LogP contribution in [0.3, 0.4) is 0 Å². The largest absolute Gasteiger partial charge is 0.456 e. The number of carbonyl (C=O) groups excluding carboxylic acids is 5. The van der Waals surface area contributed by atoms with Crippen molar-refractivity contribution in [1.82, 2.24) is 9.88 Å². The number of nitrogens with zero attached hydrogens (tertiary/aromatic N) is 2. The predicted octanol–water partition coefficient (Wildman–Crippen LogP) is 5.63. The van der Waals surface area contributed by atoms with E-state index in [-0.39, 0.29) is 55.8 Å². The fourth-order valence-corrected chi connectivity index (χ4v) is 9.62. The van der Waals surface area contributed by atoms with Crippen LogP contribution in [0.4, 0.5) is 5.82 Å². The summed E-state index contributed by atoms with van der Waals surface area (Å²) in [6.45, 7) is 9.06. The normalized spacial score (nSPS) is 33.4. The van der Waals surface area contributed by atoms with Crippen LogP contribution in [0.25, 0.3) is 0 Å². The van der Waals surface area contributed by atoms with Crippen molar-refractivity contribution in [2.45, 2.75) is 173 Å². The zero-order valence-corrected chi connectivity index (χ0v) is 39.1. The molecule has 4 rings (SSSR count). The first-order chi connectivity index (χ1) is 30.4. The molecule has 5 N–H and O–H groups in total. The molecule has 0 spiro atoms. The van der Waals surface area contributed by atoms with Gasteiger partial charge in [0.2, 0.25) is 11.7 Å². The third kappa shape index (κ3) is 15.1. The zero-order valence-electron chi connectivity index (χ0n) is 39.1. The van der Waals surface area contributed by atoms with E-state index in [1.165, 1.54) is 14.0 Å². The van der Waals surface area contributed by atoms with E-state index in [0.29, 0.717) is 69.2 Å². The molecule has 2 fully saturated rings. The summed E-state index contributed by atoms with van der Waals surface area (Å²) in [4.78, 5) is 74.2. The second-order valence-corrected chi connectivity index (χ2v) is 18.9. The Labute approximate surface area is 379 Å². The fraction of sp³-hybridized carbons (Fsp3) is 0.714. The minimum Gasteiger partial charge on any atom is -0.456 e. The number of aliphatic hydroxyl groups is 4. The monoisotopic (exact) mass is 898 g/mol. The number of cyclic esters (lactones) is 1. The van der Waals surface area contributed by atoms with E-state index in [1.807, 2.05) is 19.1 Å². The molecule has 0 unspecified atom stereocenters. The van der Waals surface area contributed by atoms with Gasteiger partial charge in [-0.1, -0.05) is 57.4 Å². The minimum absolute atomic E-state index is 0.0157. The number of ether oxygens (including phenoxy) is 3. The van der Waals surface area contributed by atoms with Crippen LogP contribution in [-0.2, 0) is 38.2 Å². The van der Waals surface area contributed by atoms with Crippen molar-refractivity contribution >= 4 is 35.2 Å². The molecule has 1 aromatic rings. The lowest BCUT2D eigenvalue weighted by molar-refractivity contribution is -0.208. The number of amides is 2. The van der Waals surface area contributed by atoms with Gasteiger partial charge in [-0.15, -0.1) is 0 Å². The number of hydrogen-bond donors (Lipinski definition) is 5. The Morgan fingerprint density at radius 1 is 0.953 bits per heavy atom. The van der Waals surface area contributed by atoms with E-state index in [2.05, 4.69) is 17.2 Å². The summed E-state index contributed by atoms with van der Waals surface area (Å²) >= 11 is 0. The molecule has 64 heavy (non-hydrogen) atoms. The number of esters is 1. The number of methoxy groups -OCH3 is 2. The average molecular weight is 898 g/mol. The molecule has 358 valence electrons. The molecule has 3 heterocycles. The van der Waals surface area contributed by atoms with Gasteiger partial charge in [0, 0.05) is 57.6 Å². The molecule has 2 aliphatic heterocycles. The second-order valence-electron chi connectivity index (χ2n) is 18.9. The van der Waals surface area contributed by atoms with Crippen molar-refractivity contribution in [3.05, 3.63) is 47.7 Å². The second kappa shape index (κ2) is 25.2. The van der Waals surface area contributed by atoms with Crippen LogP contribution >= 0.6 is 0 Å². The van der Waals surface area contributed by atoms with Crippen molar-refractivity contribution in [2.24, 2.45) is 29.6 Å². The van der Waals surface area contributed by atoms with E-state index < -0.39 is 77.8 Å². The van der Waals surface area contributed by atoms with E-state index in [1.54, 1.807) is 45.4 Å². The Bertz CT molecular complexity index is 1770. The first kappa shape index (κ1) is 52.8. The van der Waals surface area contributed by atoms with Gasteiger partial charge in [-0.2, -0.15) is 0 Å². The Morgan fingerprint density at radius 2 is 1.70 bits per heavy atom. The number of aliphatic hydroxyl groups excluding tert-OH is 2. The number of Topliss-reactive ketones (excluding diaryl/α,β-unsaturated/α-hetero) is 2. The van der Waals surface area contributed by atoms with Crippen LogP contribution in [0, 0.1) is 29.6 Å². The van der Waals surface area contributed by atoms with Crippen LogP contribution in [-0.4, -0.2) is 123 Å². The lowest BCUT2D eigenvalue weighted by Gasteiger charge is -2.38. The zero-order chi connectivity index (χ0) is 47.1. The number of pyridine rings is 1. The van der Waals surface area contributed by atoms with Gasteiger partial charge < -0.3 is 44.9 Å². The molecule has 11 atom stereocenters. The molecule has 1 saturated carbocycles. The highest BCUT2D eigenvalue weighted by atomic mass is 16.5. The highest BCUT2D eigenvalue weighted by Gasteiger charge is 2.48.